The Labute approximate surface area is 200 Å². The van der Waals surface area contributed by atoms with Crippen molar-refractivity contribution in [3.05, 3.63) is 59.8 Å². The molecule has 2 N–H and O–H groups in total. The van der Waals surface area contributed by atoms with Gasteiger partial charge in [-0.15, -0.1) is 0 Å². The minimum atomic E-state index is -0.678. The van der Waals surface area contributed by atoms with E-state index >= 15 is 0 Å². The van der Waals surface area contributed by atoms with Crippen LogP contribution in [0.2, 0.25) is 0 Å². The Morgan fingerprint density at radius 2 is 1.69 bits per heavy atom. The van der Waals surface area contributed by atoms with Gasteiger partial charge >= 0.3 is 0 Å². The molecule has 2 amide bonds. The summed E-state index contributed by atoms with van der Waals surface area (Å²) in [7, 11) is 0. The second-order valence-corrected chi connectivity index (χ2v) is 7.99. The van der Waals surface area contributed by atoms with Crippen LogP contribution in [0, 0.1) is 11.6 Å². The van der Waals surface area contributed by atoms with Gasteiger partial charge in [-0.1, -0.05) is 0 Å². The molecule has 2 aromatic carbocycles. The number of carbonyl (C=O) groups is 2. The number of hydrogen-bond acceptors (Lipinski definition) is 7. The Bertz CT molecular complexity index is 1250. The van der Waals surface area contributed by atoms with Gasteiger partial charge in [0.2, 0.25) is 11.9 Å². The van der Waals surface area contributed by atoms with E-state index in [1.165, 1.54) is 31.2 Å². The fraction of sp³-hybridized carbons (Fsp3) is 0.280. The Morgan fingerprint density at radius 3 is 2.43 bits per heavy atom. The van der Waals surface area contributed by atoms with Crippen LogP contribution < -0.4 is 20.1 Å². The topological polar surface area (TPSA) is 102 Å². The zero-order chi connectivity index (χ0) is 24.8. The first kappa shape index (κ1) is 24.1. The molecule has 1 aliphatic rings. The maximum Gasteiger partial charge on any atom is 0.261 e. The molecular weight excluding hydrogens is 458 g/mol. The van der Waals surface area contributed by atoms with E-state index in [9.17, 15) is 18.4 Å². The first-order chi connectivity index (χ1) is 16.9. The van der Waals surface area contributed by atoms with Crippen LogP contribution in [0.3, 0.4) is 0 Å². The van der Waals surface area contributed by atoms with E-state index in [0.29, 0.717) is 30.9 Å². The number of benzene rings is 2. The highest BCUT2D eigenvalue weighted by Gasteiger charge is 2.17. The number of halogens is 2. The molecule has 0 saturated heterocycles. The van der Waals surface area contributed by atoms with Crippen molar-refractivity contribution in [2.24, 2.45) is 0 Å². The van der Waals surface area contributed by atoms with E-state index in [1.54, 1.807) is 12.1 Å². The second-order valence-electron chi connectivity index (χ2n) is 7.99. The second kappa shape index (κ2) is 10.9. The number of imide groups is 1. The summed E-state index contributed by atoms with van der Waals surface area (Å²) in [6.07, 6.45) is 4.09. The average Bonchev–Trinajstić information content (AvgIpc) is 2.82. The number of hydrogen-bond donors (Lipinski definition) is 2. The minimum Gasteiger partial charge on any atom is -0.493 e. The number of fused-ring (bicyclic) bond motifs is 7. The summed E-state index contributed by atoms with van der Waals surface area (Å²) in [6.45, 7) is 1.90. The van der Waals surface area contributed by atoms with Crippen LogP contribution in [0.5, 0.6) is 11.5 Å². The molecule has 0 unspecified atom stereocenters. The molecule has 0 spiro atoms. The predicted octanol–water partition coefficient (Wildman–Crippen LogP) is 4.77. The lowest BCUT2D eigenvalue weighted by atomic mass is 10.1. The lowest BCUT2D eigenvalue weighted by Crippen LogP contribution is -2.28. The number of rotatable bonds is 1. The highest BCUT2D eigenvalue weighted by Crippen LogP contribution is 2.30. The summed E-state index contributed by atoms with van der Waals surface area (Å²) in [6, 6.07) is 8.76. The molecule has 6 bridgehead atoms. The fourth-order valence-corrected chi connectivity index (χ4v) is 3.58. The van der Waals surface area contributed by atoms with Gasteiger partial charge in [-0.3, -0.25) is 14.9 Å². The van der Waals surface area contributed by atoms with Gasteiger partial charge in [0.25, 0.3) is 5.91 Å². The molecule has 35 heavy (non-hydrogen) atoms. The van der Waals surface area contributed by atoms with Gasteiger partial charge in [0.1, 0.15) is 11.4 Å². The molecule has 8 nitrogen and oxygen atoms in total. The first-order valence-corrected chi connectivity index (χ1v) is 11.2. The number of amides is 2. The van der Waals surface area contributed by atoms with Crippen LogP contribution in [0.15, 0.2) is 42.6 Å². The van der Waals surface area contributed by atoms with Gasteiger partial charge in [-0.25, -0.2) is 18.7 Å². The molecule has 10 heteroatoms. The van der Waals surface area contributed by atoms with E-state index in [2.05, 4.69) is 20.6 Å². The number of nitrogens with one attached hydrogen (secondary N) is 2. The molecule has 0 fully saturated rings. The zero-order valence-electron chi connectivity index (χ0n) is 19.1. The van der Waals surface area contributed by atoms with Crippen LogP contribution >= 0.6 is 0 Å². The number of anilines is 2. The van der Waals surface area contributed by atoms with Gasteiger partial charge in [0.15, 0.2) is 17.4 Å². The summed E-state index contributed by atoms with van der Waals surface area (Å²) in [5, 5.41) is 5.21. The Balaban J connectivity index is 1.71. The van der Waals surface area contributed by atoms with Crippen LogP contribution in [-0.4, -0.2) is 35.0 Å². The largest absolute Gasteiger partial charge is 0.493 e. The number of ether oxygens (including phenoxy) is 2. The van der Waals surface area contributed by atoms with Crippen LogP contribution in [-0.2, 0) is 4.79 Å². The Hall–Kier alpha value is -4.08. The summed E-state index contributed by atoms with van der Waals surface area (Å²) in [5.41, 5.74) is 1.00. The molecule has 0 saturated carbocycles. The third-order valence-electron chi connectivity index (χ3n) is 5.27. The molecule has 3 aromatic rings. The van der Waals surface area contributed by atoms with Gasteiger partial charge < -0.3 is 14.8 Å². The van der Waals surface area contributed by atoms with Crippen molar-refractivity contribution in [3.8, 4) is 22.8 Å². The molecule has 2 heterocycles. The lowest BCUT2D eigenvalue weighted by Gasteiger charge is -2.14. The monoisotopic (exact) mass is 482 g/mol. The summed E-state index contributed by atoms with van der Waals surface area (Å²) in [4.78, 5) is 32.0. The van der Waals surface area contributed by atoms with Gasteiger partial charge in [0, 0.05) is 24.2 Å². The third kappa shape index (κ3) is 6.08. The SMILES string of the molecule is CC(=O)NC(=O)c1ccc2cc1OCCCCCCOc1cc(ccc1F)-c1nc(ncc1F)N2. The Kier molecular flexibility index (Phi) is 7.49. The molecule has 0 aliphatic carbocycles. The van der Waals surface area contributed by atoms with Crippen molar-refractivity contribution in [3.63, 3.8) is 0 Å². The number of nitrogens with zero attached hydrogens (tertiary/aromatic N) is 2. The highest BCUT2D eigenvalue weighted by molar-refractivity contribution is 6.06. The van der Waals surface area contributed by atoms with E-state index < -0.39 is 23.4 Å². The van der Waals surface area contributed by atoms with Crippen LogP contribution in [0.4, 0.5) is 20.4 Å². The van der Waals surface area contributed by atoms with Gasteiger partial charge in [0.05, 0.1) is 25.0 Å². The van der Waals surface area contributed by atoms with Crippen molar-refractivity contribution in [1.82, 2.24) is 15.3 Å². The van der Waals surface area contributed by atoms with E-state index in [1.807, 2.05) is 0 Å². The molecule has 1 aromatic heterocycles. The van der Waals surface area contributed by atoms with Crippen molar-refractivity contribution in [1.29, 1.82) is 0 Å². The molecule has 4 rings (SSSR count). The number of aromatic nitrogens is 2. The van der Waals surface area contributed by atoms with Crippen molar-refractivity contribution >= 4 is 23.5 Å². The summed E-state index contributed by atoms with van der Waals surface area (Å²) < 4.78 is 40.2. The predicted molar refractivity (Wildman–Crippen MR) is 125 cm³/mol. The van der Waals surface area contributed by atoms with Crippen molar-refractivity contribution < 1.29 is 27.8 Å². The fourth-order valence-electron chi connectivity index (χ4n) is 3.58. The van der Waals surface area contributed by atoms with Crippen LogP contribution in [0.1, 0.15) is 43.0 Å². The minimum absolute atomic E-state index is 0.0256. The van der Waals surface area contributed by atoms with E-state index in [4.69, 9.17) is 9.47 Å². The smallest absolute Gasteiger partial charge is 0.261 e. The molecule has 1 aliphatic heterocycles. The molecule has 182 valence electrons. The maximum atomic E-state index is 14.6. The summed E-state index contributed by atoms with van der Waals surface area (Å²) >= 11 is 0. The summed E-state index contributed by atoms with van der Waals surface area (Å²) in [5.74, 6) is -1.88. The third-order valence-corrected chi connectivity index (χ3v) is 5.27. The van der Waals surface area contributed by atoms with Gasteiger partial charge in [-0.2, -0.15) is 0 Å². The van der Waals surface area contributed by atoms with Crippen molar-refractivity contribution in [2.75, 3.05) is 18.5 Å². The zero-order valence-corrected chi connectivity index (χ0v) is 19.1. The quantitative estimate of drug-likeness (QED) is 0.515. The number of carbonyl (C=O) groups excluding carboxylic acids is 2. The molecule has 0 atom stereocenters. The maximum absolute atomic E-state index is 14.6. The molecular formula is C25H24F2N4O4. The Morgan fingerprint density at radius 1 is 0.943 bits per heavy atom. The van der Waals surface area contributed by atoms with Gasteiger partial charge in [-0.05, 0) is 56.0 Å². The van der Waals surface area contributed by atoms with Crippen LogP contribution in [0.25, 0.3) is 11.3 Å². The standard InChI is InChI=1S/C25H24F2N4O4/c1-15(32)29-24(33)18-8-7-17-13-21(18)34-10-4-2-3-5-11-35-22-12-16(6-9-19(22)26)23-20(27)14-28-25(30-17)31-23/h6-9,12-14H,2-5,10-11H2,1H3,(H,28,30,31)(H,29,32,33). The van der Waals surface area contributed by atoms with E-state index in [-0.39, 0.29) is 28.7 Å². The first-order valence-electron chi connectivity index (χ1n) is 11.2. The normalized spacial score (nSPS) is 13.8. The van der Waals surface area contributed by atoms with Crippen molar-refractivity contribution in [2.45, 2.75) is 32.6 Å². The average molecular weight is 482 g/mol. The highest BCUT2D eigenvalue weighted by atomic mass is 19.1. The van der Waals surface area contributed by atoms with E-state index in [0.717, 1.165) is 25.5 Å². The molecule has 0 radical (unpaired) electrons. The lowest BCUT2D eigenvalue weighted by molar-refractivity contribution is -0.118.